The molecule has 0 saturated heterocycles. The Kier molecular flexibility index (Phi) is 10.2. The highest BCUT2D eigenvalue weighted by atomic mass is 16.2. The summed E-state index contributed by atoms with van der Waals surface area (Å²) in [6, 6.07) is 74.4. The number of carbonyl (C=O) groups is 2. The third-order valence-corrected chi connectivity index (χ3v) is 13.0. The van der Waals surface area contributed by atoms with Gasteiger partial charge in [0, 0.05) is 44.2 Å². The van der Waals surface area contributed by atoms with Crippen molar-refractivity contribution in [2.45, 2.75) is 0 Å². The van der Waals surface area contributed by atoms with Gasteiger partial charge in [0.25, 0.3) is 11.8 Å². The van der Waals surface area contributed by atoms with Gasteiger partial charge in [-0.25, -0.2) is 34.8 Å². The van der Waals surface area contributed by atoms with Gasteiger partial charge in [-0.1, -0.05) is 194 Å². The first-order valence-corrected chi connectivity index (χ1v) is 23.5. The Morgan fingerprint density at radius 2 is 0.653 bits per heavy atom. The Labute approximate surface area is 413 Å². The second-order valence-electron chi connectivity index (χ2n) is 17.4. The molecule has 4 heterocycles. The van der Waals surface area contributed by atoms with Gasteiger partial charge >= 0.3 is 0 Å². The molecule has 10 nitrogen and oxygen atoms in total. The first kappa shape index (κ1) is 42.1. The van der Waals surface area contributed by atoms with Crippen molar-refractivity contribution in [1.29, 1.82) is 0 Å². The number of hydrogen-bond acceptors (Lipinski definition) is 8. The van der Waals surface area contributed by atoms with Crippen LogP contribution in [-0.2, 0) is 0 Å². The minimum atomic E-state index is -0.448. The molecular formula is C62H38N8O2. The van der Waals surface area contributed by atoms with Crippen LogP contribution < -0.4 is 4.90 Å². The molecule has 0 fully saturated rings. The number of anilines is 1. The van der Waals surface area contributed by atoms with Gasteiger partial charge in [-0.15, -0.1) is 0 Å². The van der Waals surface area contributed by atoms with Gasteiger partial charge in [0.15, 0.2) is 34.9 Å². The molecule has 0 radical (unpaired) electrons. The van der Waals surface area contributed by atoms with Crippen molar-refractivity contribution >= 4 is 39.3 Å². The molecule has 2 amide bonds. The van der Waals surface area contributed by atoms with Crippen LogP contribution in [0.25, 0.3) is 107 Å². The van der Waals surface area contributed by atoms with E-state index in [1.807, 2.05) is 206 Å². The molecule has 0 saturated carbocycles. The van der Waals surface area contributed by atoms with Crippen LogP contribution in [-0.4, -0.2) is 46.3 Å². The zero-order valence-electron chi connectivity index (χ0n) is 38.3. The van der Waals surface area contributed by atoms with Crippen LogP contribution in [0.3, 0.4) is 0 Å². The average molecular weight is 927 g/mol. The predicted octanol–water partition coefficient (Wildman–Crippen LogP) is 13.6. The highest BCUT2D eigenvalue weighted by Crippen LogP contribution is 2.44. The van der Waals surface area contributed by atoms with E-state index in [4.69, 9.17) is 29.9 Å². The topological polar surface area (TPSA) is 120 Å². The van der Waals surface area contributed by atoms with Gasteiger partial charge in [-0.05, 0) is 47.5 Å². The van der Waals surface area contributed by atoms with Crippen LogP contribution >= 0.6 is 0 Å². The van der Waals surface area contributed by atoms with Gasteiger partial charge in [-0.3, -0.25) is 9.59 Å². The number of nitrogens with zero attached hydrogens (tertiary/aromatic N) is 8. The number of fused-ring (bicyclic) bond motifs is 4. The van der Waals surface area contributed by atoms with Crippen molar-refractivity contribution in [3.8, 4) is 85.1 Å². The third kappa shape index (κ3) is 7.21. The van der Waals surface area contributed by atoms with E-state index in [9.17, 15) is 4.79 Å². The molecule has 72 heavy (non-hydrogen) atoms. The van der Waals surface area contributed by atoms with Gasteiger partial charge in [0.1, 0.15) is 0 Å². The van der Waals surface area contributed by atoms with Crippen LogP contribution in [0.2, 0.25) is 0 Å². The van der Waals surface area contributed by atoms with E-state index in [1.165, 1.54) is 4.90 Å². The maximum absolute atomic E-state index is 15.4. The number of benzene rings is 9. The summed E-state index contributed by atoms with van der Waals surface area (Å²) < 4.78 is 2.07. The van der Waals surface area contributed by atoms with Crippen LogP contribution in [0.5, 0.6) is 0 Å². The number of aromatic nitrogens is 7. The molecule has 0 unspecified atom stereocenters. The smallest absolute Gasteiger partial charge is 0.268 e. The Balaban J connectivity index is 1.11. The summed E-state index contributed by atoms with van der Waals surface area (Å²) in [6.45, 7) is 0. The monoisotopic (exact) mass is 926 g/mol. The maximum Gasteiger partial charge on any atom is 0.268 e. The van der Waals surface area contributed by atoms with E-state index in [1.54, 1.807) is 12.1 Å². The van der Waals surface area contributed by atoms with Gasteiger partial charge in [0.05, 0.1) is 33.5 Å². The zero-order valence-corrected chi connectivity index (χ0v) is 38.3. The van der Waals surface area contributed by atoms with Crippen LogP contribution in [0.15, 0.2) is 231 Å². The summed E-state index contributed by atoms with van der Waals surface area (Å²) in [5.74, 6) is 1.98. The molecule has 0 bridgehead atoms. The molecule has 0 aliphatic carbocycles. The van der Waals surface area contributed by atoms with Crippen LogP contribution in [0.1, 0.15) is 20.7 Å². The van der Waals surface area contributed by atoms with Crippen molar-refractivity contribution in [2.24, 2.45) is 0 Å². The normalized spacial score (nSPS) is 12.2. The first-order chi connectivity index (χ1) is 35.6. The second-order valence-corrected chi connectivity index (χ2v) is 17.4. The molecule has 3 aromatic heterocycles. The molecule has 9 aromatic carbocycles. The van der Waals surface area contributed by atoms with Crippen molar-refractivity contribution in [2.75, 3.05) is 4.90 Å². The van der Waals surface area contributed by atoms with E-state index in [0.29, 0.717) is 68.5 Å². The summed E-state index contributed by atoms with van der Waals surface area (Å²) in [5.41, 5.74) is 9.44. The standard InChI is InChI=1S/C62H38N8O2/c71-61-48-34-19-37-51(52(48)62(72)69(61)45-31-16-30-44(38-45)39-20-6-1-7-21-39)70-53-46(32-17-35-49(53)59-65-55(40-22-8-2-9-23-40)63-56(66-59)41-24-10-3-11-25-41)47-33-18-36-50(54(47)70)60-67-57(42-26-12-4-13-27-42)64-58(68-60)43-28-14-5-15-29-43/h1-38H. The largest absolute Gasteiger partial charge is 0.307 e. The summed E-state index contributed by atoms with van der Waals surface area (Å²) in [6.07, 6.45) is 0. The van der Waals surface area contributed by atoms with Crippen molar-refractivity contribution in [3.05, 3.63) is 242 Å². The summed E-state index contributed by atoms with van der Waals surface area (Å²) in [5, 5.41) is 1.71. The Hall–Kier alpha value is -10.1. The number of carbonyl (C=O) groups excluding carboxylic acids is 2. The lowest BCUT2D eigenvalue weighted by Crippen LogP contribution is -2.29. The maximum atomic E-state index is 15.4. The van der Waals surface area contributed by atoms with Gasteiger partial charge < -0.3 is 4.57 Å². The van der Waals surface area contributed by atoms with E-state index >= 15 is 4.79 Å². The van der Waals surface area contributed by atoms with Crippen LogP contribution in [0, 0.1) is 0 Å². The number of amides is 2. The van der Waals surface area contributed by atoms with E-state index in [2.05, 4.69) is 16.7 Å². The zero-order chi connectivity index (χ0) is 48.1. The fourth-order valence-corrected chi connectivity index (χ4v) is 9.72. The molecule has 0 spiro atoms. The van der Waals surface area contributed by atoms with E-state index in [-0.39, 0.29) is 11.1 Å². The van der Waals surface area contributed by atoms with E-state index < -0.39 is 11.8 Å². The second kappa shape index (κ2) is 17.5. The number of hydrogen-bond donors (Lipinski definition) is 0. The number of rotatable bonds is 9. The highest BCUT2D eigenvalue weighted by molar-refractivity contribution is 6.36. The lowest BCUT2D eigenvalue weighted by atomic mass is 10.0. The number of imide groups is 1. The lowest BCUT2D eigenvalue weighted by molar-refractivity contribution is 0.0926. The third-order valence-electron chi connectivity index (χ3n) is 13.0. The van der Waals surface area contributed by atoms with Crippen molar-refractivity contribution in [1.82, 2.24) is 34.5 Å². The molecule has 0 N–H and O–H groups in total. The summed E-state index contributed by atoms with van der Waals surface area (Å²) in [4.78, 5) is 62.4. The molecule has 12 aromatic rings. The van der Waals surface area contributed by atoms with Gasteiger partial charge in [0.2, 0.25) is 0 Å². The highest BCUT2D eigenvalue weighted by Gasteiger charge is 2.40. The Morgan fingerprint density at radius 1 is 0.292 bits per heavy atom. The van der Waals surface area contributed by atoms with E-state index in [0.717, 1.165) is 44.2 Å². The summed E-state index contributed by atoms with van der Waals surface area (Å²) >= 11 is 0. The number of para-hydroxylation sites is 2. The fourth-order valence-electron chi connectivity index (χ4n) is 9.72. The lowest BCUT2D eigenvalue weighted by Gasteiger charge is -2.17. The molecule has 1 aliphatic rings. The molecule has 13 rings (SSSR count). The minimum Gasteiger partial charge on any atom is -0.307 e. The summed E-state index contributed by atoms with van der Waals surface area (Å²) in [7, 11) is 0. The van der Waals surface area contributed by atoms with Crippen LogP contribution in [0.4, 0.5) is 5.69 Å². The molecule has 0 atom stereocenters. The quantitative estimate of drug-likeness (QED) is 0.131. The molecule has 1 aliphatic heterocycles. The Bertz CT molecular complexity index is 3770. The molecular weight excluding hydrogens is 889 g/mol. The fraction of sp³-hybridized carbons (Fsp3) is 0. The molecule has 338 valence electrons. The first-order valence-electron chi connectivity index (χ1n) is 23.5. The van der Waals surface area contributed by atoms with Crippen molar-refractivity contribution in [3.63, 3.8) is 0 Å². The minimum absolute atomic E-state index is 0.257. The Morgan fingerprint density at radius 3 is 1.10 bits per heavy atom. The predicted molar refractivity (Wildman–Crippen MR) is 283 cm³/mol. The SMILES string of the molecule is O=C1c2cccc(-n3c4c(-c5nc(-c6ccccc6)nc(-c6ccccc6)n5)cccc4c4cccc(-c5nc(-c6ccccc6)nc(-c6ccccc6)n5)c43)c2C(=O)N1c1cccc(-c2ccccc2)c1. The molecule has 10 heteroatoms. The average Bonchev–Trinajstić information content (AvgIpc) is 3.94. The van der Waals surface area contributed by atoms with Crippen molar-refractivity contribution < 1.29 is 9.59 Å². The van der Waals surface area contributed by atoms with Gasteiger partial charge in [-0.2, -0.15) is 0 Å².